The Kier molecular flexibility index (Phi) is 6.29. The van der Waals surface area contributed by atoms with Crippen LogP contribution in [0.3, 0.4) is 0 Å². The van der Waals surface area contributed by atoms with Crippen LogP contribution in [0.15, 0.2) is 18.3 Å². The second kappa shape index (κ2) is 7.74. The number of nitrogens with one attached hydrogen (secondary N) is 1. The van der Waals surface area contributed by atoms with Gasteiger partial charge in [-0.2, -0.15) is 0 Å². The van der Waals surface area contributed by atoms with Crippen LogP contribution >= 0.6 is 0 Å². The fourth-order valence-corrected chi connectivity index (χ4v) is 1.60. The summed E-state index contributed by atoms with van der Waals surface area (Å²) in [6.07, 6.45) is 3.78. The maximum absolute atomic E-state index is 10.6. The zero-order chi connectivity index (χ0) is 14.3. The quantitative estimate of drug-likeness (QED) is 0.706. The van der Waals surface area contributed by atoms with Crippen LogP contribution in [0, 0.1) is 0 Å². The van der Waals surface area contributed by atoms with Crippen molar-refractivity contribution in [2.75, 3.05) is 25.5 Å². The lowest BCUT2D eigenvalue weighted by atomic mass is 10.2. The van der Waals surface area contributed by atoms with Gasteiger partial charge in [-0.15, -0.1) is 0 Å². The van der Waals surface area contributed by atoms with Gasteiger partial charge in [0.25, 0.3) is 0 Å². The van der Waals surface area contributed by atoms with Gasteiger partial charge in [0.1, 0.15) is 5.69 Å². The highest BCUT2D eigenvalue weighted by molar-refractivity contribution is 5.85. The van der Waals surface area contributed by atoms with Crippen molar-refractivity contribution in [3.05, 3.63) is 24.0 Å². The van der Waals surface area contributed by atoms with Crippen LogP contribution in [-0.4, -0.2) is 47.1 Å². The highest BCUT2D eigenvalue weighted by atomic mass is 16.4. The van der Waals surface area contributed by atoms with Gasteiger partial charge >= 0.3 is 5.97 Å². The third-order valence-electron chi connectivity index (χ3n) is 3.13. The molecule has 1 heterocycles. The van der Waals surface area contributed by atoms with Gasteiger partial charge in [0.05, 0.1) is 11.9 Å². The monoisotopic (exact) mass is 265 g/mol. The first-order valence-corrected chi connectivity index (χ1v) is 6.64. The molecule has 0 saturated heterocycles. The van der Waals surface area contributed by atoms with Crippen LogP contribution in [0.5, 0.6) is 0 Å². The van der Waals surface area contributed by atoms with Gasteiger partial charge in [0.2, 0.25) is 0 Å². The summed E-state index contributed by atoms with van der Waals surface area (Å²) < 4.78 is 0. The van der Waals surface area contributed by atoms with E-state index in [0.717, 1.165) is 31.6 Å². The van der Waals surface area contributed by atoms with E-state index in [9.17, 15) is 4.79 Å². The first kappa shape index (κ1) is 15.4. The molecule has 0 fully saturated rings. The molecule has 0 aliphatic heterocycles. The lowest BCUT2D eigenvalue weighted by molar-refractivity contribution is 0.0690. The van der Waals surface area contributed by atoms with E-state index in [4.69, 9.17) is 5.11 Å². The largest absolute Gasteiger partial charge is 0.477 e. The highest BCUT2D eigenvalue weighted by Crippen LogP contribution is 2.06. The van der Waals surface area contributed by atoms with Gasteiger partial charge < -0.3 is 15.3 Å². The van der Waals surface area contributed by atoms with Gasteiger partial charge in [-0.05, 0) is 52.4 Å². The standard InChI is InChI=1S/C14H23N3O2/c1-11(2)17(3)9-5-4-8-15-12-6-7-13(14(18)19)16-10-12/h6-7,10-11,15H,4-5,8-9H2,1-3H3,(H,18,19). The van der Waals surface area contributed by atoms with Crippen LogP contribution in [0.25, 0.3) is 0 Å². The van der Waals surface area contributed by atoms with Gasteiger partial charge in [-0.1, -0.05) is 0 Å². The van der Waals surface area contributed by atoms with Gasteiger partial charge in [-0.3, -0.25) is 0 Å². The number of rotatable bonds is 8. The molecule has 1 aromatic heterocycles. The third-order valence-corrected chi connectivity index (χ3v) is 3.13. The van der Waals surface area contributed by atoms with E-state index in [1.54, 1.807) is 12.3 Å². The summed E-state index contributed by atoms with van der Waals surface area (Å²) in [5.74, 6) is -0.997. The van der Waals surface area contributed by atoms with E-state index in [1.165, 1.54) is 6.07 Å². The number of hydrogen-bond donors (Lipinski definition) is 2. The Balaban J connectivity index is 2.21. The number of carboxylic acids is 1. The summed E-state index contributed by atoms with van der Waals surface area (Å²) in [4.78, 5) is 16.8. The van der Waals surface area contributed by atoms with Crippen molar-refractivity contribution < 1.29 is 9.90 Å². The van der Waals surface area contributed by atoms with E-state index >= 15 is 0 Å². The highest BCUT2D eigenvalue weighted by Gasteiger charge is 2.04. The number of carboxylic acid groups (broad SMARTS) is 1. The van der Waals surface area contributed by atoms with E-state index in [2.05, 4.69) is 36.1 Å². The zero-order valence-corrected chi connectivity index (χ0v) is 11.9. The number of aromatic carboxylic acids is 1. The molecule has 0 aliphatic carbocycles. The second-order valence-corrected chi connectivity index (χ2v) is 4.95. The van der Waals surface area contributed by atoms with Crippen LogP contribution in [0.2, 0.25) is 0 Å². The molecule has 19 heavy (non-hydrogen) atoms. The van der Waals surface area contributed by atoms with Crippen LogP contribution in [-0.2, 0) is 0 Å². The summed E-state index contributed by atoms with van der Waals surface area (Å²) in [5.41, 5.74) is 0.936. The number of nitrogens with zero attached hydrogens (tertiary/aromatic N) is 2. The second-order valence-electron chi connectivity index (χ2n) is 4.95. The smallest absolute Gasteiger partial charge is 0.354 e. The molecule has 5 heteroatoms. The maximum Gasteiger partial charge on any atom is 0.354 e. The Morgan fingerprint density at radius 3 is 2.68 bits per heavy atom. The lowest BCUT2D eigenvalue weighted by Crippen LogP contribution is -2.27. The molecular weight excluding hydrogens is 242 g/mol. The summed E-state index contributed by atoms with van der Waals surface area (Å²) in [7, 11) is 2.13. The van der Waals surface area contributed by atoms with Crippen molar-refractivity contribution in [3.63, 3.8) is 0 Å². The molecule has 0 aromatic carbocycles. The summed E-state index contributed by atoms with van der Waals surface area (Å²) in [6, 6.07) is 3.84. The molecule has 1 rings (SSSR count). The van der Waals surface area contributed by atoms with Crippen LogP contribution in [0.1, 0.15) is 37.2 Å². The Labute approximate surface area is 114 Å². The molecule has 2 N–H and O–H groups in total. The lowest BCUT2D eigenvalue weighted by Gasteiger charge is -2.20. The molecule has 0 radical (unpaired) electrons. The predicted octanol–water partition coefficient (Wildman–Crippen LogP) is 2.31. The number of carbonyl (C=O) groups is 1. The van der Waals surface area contributed by atoms with E-state index in [-0.39, 0.29) is 5.69 Å². The molecule has 0 bridgehead atoms. The average Bonchev–Trinajstić information content (AvgIpc) is 2.38. The topological polar surface area (TPSA) is 65.5 Å². The molecule has 0 atom stereocenters. The van der Waals surface area contributed by atoms with Crippen LogP contribution in [0.4, 0.5) is 5.69 Å². The molecule has 5 nitrogen and oxygen atoms in total. The van der Waals surface area contributed by atoms with Crippen LogP contribution < -0.4 is 5.32 Å². The van der Waals surface area contributed by atoms with Crippen molar-refractivity contribution in [2.24, 2.45) is 0 Å². The summed E-state index contributed by atoms with van der Waals surface area (Å²) in [6.45, 7) is 6.34. The first-order chi connectivity index (χ1) is 9.00. The Hall–Kier alpha value is -1.62. The number of hydrogen-bond acceptors (Lipinski definition) is 4. The molecule has 1 aromatic rings. The Bertz CT molecular complexity index is 390. The number of aromatic nitrogens is 1. The van der Waals surface area contributed by atoms with E-state index < -0.39 is 5.97 Å². The Morgan fingerprint density at radius 1 is 1.42 bits per heavy atom. The number of unbranched alkanes of at least 4 members (excludes halogenated alkanes) is 1. The SMILES string of the molecule is CC(C)N(C)CCCCNc1ccc(C(=O)O)nc1. The molecule has 106 valence electrons. The molecule has 0 saturated carbocycles. The molecule has 0 amide bonds. The van der Waals surface area contributed by atoms with Crippen molar-refractivity contribution in [1.82, 2.24) is 9.88 Å². The van der Waals surface area contributed by atoms with Gasteiger partial charge in [-0.25, -0.2) is 9.78 Å². The van der Waals surface area contributed by atoms with E-state index in [0.29, 0.717) is 6.04 Å². The van der Waals surface area contributed by atoms with Gasteiger partial charge in [0, 0.05) is 12.6 Å². The van der Waals surface area contributed by atoms with Gasteiger partial charge in [0.15, 0.2) is 0 Å². The minimum Gasteiger partial charge on any atom is -0.477 e. The van der Waals surface area contributed by atoms with Crippen molar-refractivity contribution in [1.29, 1.82) is 0 Å². The average molecular weight is 265 g/mol. The molecule has 0 unspecified atom stereocenters. The Morgan fingerprint density at radius 2 is 2.16 bits per heavy atom. The zero-order valence-electron chi connectivity index (χ0n) is 11.9. The predicted molar refractivity (Wildman–Crippen MR) is 76.7 cm³/mol. The first-order valence-electron chi connectivity index (χ1n) is 6.64. The maximum atomic E-state index is 10.6. The third kappa shape index (κ3) is 5.70. The summed E-state index contributed by atoms with van der Waals surface area (Å²) in [5, 5.41) is 12.0. The normalized spacial score (nSPS) is 11.0. The molecular formula is C14H23N3O2. The van der Waals surface area contributed by atoms with Crippen molar-refractivity contribution >= 4 is 11.7 Å². The fraction of sp³-hybridized carbons (Fsp3) is 0.571. The molecule has 0 aliphatic rings. The van der Waals surface area contributed by atoms with E-state index in [1.807, 2.05) is 0 Å². The minimum atomic E-state index is -0.997. The summed E-state index contributed by atoms with van der Waals surface area (Å²) >= 11 is 0. The molecule has 0 spiro atoms. The number of pyridine rings is 1. The number of anilines is 1. The van der Waals surface area contributed by atoms with Crippen molar-refractivity contribution in [2.45, 2.75) is 32.7 Å². The fourth-order valence-electron chi connectivity index (χ4n) is 1.60. The minimum absolute atomic E-state index is 0.0732. The van der Waals surface area contributed by atoms with Crippen molar-refractivity contribution in [3.8, 4) is 0 Å².